The molecule has 0 aromatic rings. The molecule has 3 heteroatoms. The van der Waals surface area contributed by atoms with Gasteiger partial charge in [-0.1, -0.05) is 25.5 Å². The lowest BCUT2D eigenvalue weighted by Crippen LogP contribution is -2.56. The molecule has 3 rings (SSSR count). The number of hydrogen-bond acceptors (Lipinski definition) is 3. The Labute approximate surface area is 133 Å². The van der Waals surface area contributed by atoms with Gasteiger partial charge in [-0.15, -0.1) is 6.58 Å². The number of carbonyl (C=O) groups is 1. The number of ketones is 1. The van der Waals surface area contributed by atoms with Crippen LogP contribution < -0.4 is 0 Å². The Kier molecular flexibility index (Phi) is 3.65. The minimum Gasteiger partial charge on any atom is -0.395 e. The summed E-state index contributed by atoms with van der Waals surface area (Å²) >= 11 is 0. The van der Waals surface area contributed by atoms with Crippen molar-refractivity contribution in [3.8, 4) is 0 Å². The summed E-state index contributed by atoms with van der Waals surface area (Å²) in [6.07, 6.45) is 8.82. The van der Waals surface area contributed by atoms with Crippen LogP contribution in [0.15, 0.2) is 24.3 Å². The van der Waals surface area contributed by atoms with Crippen molar-refractivity contribution >= 4 is 5.78 Å². The molecule has 3 aliphatic carbocycles. The lowest BCUT2D eigenvalue weighted by molar-refractivity contribution is -0.148. The van der Waals surface area contributed by atoms with Crippen molar-refractivity contribution in [2.75, 3.05) is 6.61 Å². The Morgan fingerprint density at radius 3 is 2.73 bits per heavy atom. The number of allylic oxidation sites excluding steroid dienone is 1. The third kappa shape index (κ3) is 2.13. The number of fused-ring (bicyclic) bond motifs is 3. The lowest BCUT2D eigenvalue weighted by atomic mass is 9.47. The second-order valence-corrected chi connectivity index (χ2v) is 8.18. The van der Waals surface area contributed by atoms with Gasteiger partial charge in [-0.25, -0.2) is 0 Å². The van der Waals surface area contributed by atoms with Gasteiger partial charge in [0.1, 0.15) is 0 Å². The fourth-order valence-electron chi connectivity index (χ4n) is 5.42. The predicted octanol–water partition coefficient (Wildman–Crippen LogP) is 3.02. The Morgan fingerprint density at radius 2 is 2.09 bits per heavy atom. The van der Waals surface area contributed by atoms with Crippen LogP contribution in [0, 0.1) is 22.7 Å². The van der Waals surface area contributed by atoms with Crippen molar-refractivity contribution in [3.63, 3.8) is 0 Å². The van der Waals surface area contributed by atoms with Crippen molar-refractivity contribution in [2.45, 2.75) is 58.0 Å². The molecular formula is C19H28O3. The number of rotatable bonds is 2. The molecule has 0 bridgehead atoms. The quantitative estimate of drug-likeness (QED) is 0.771. The molecule has 2 saturated carbocycles. The van der Waals surface area contributed by atoms with Gasteiger partial charge >= 0.3 is 0 Å². The average Bonchev–Trinajstić information content (AvgIpc) is 2.49. The van der Waals surface area contributed by atoms with Gasteiger partial charge in [0.25, 0.3) is 0 Å². The van der Waals surface area contributed by atoms with Gasteiger partial charge in [0.2, 0.25) is 0 Å². The largest absolute Gasteiger partial charge is 0.395 e. The first-order valence-electron chi connectivity index (χ1n) is 8.51. The minimum absolute atomic E-state index is 0.00964. The van der Waals surface area contributed by atoms with Crippen LogP contribution in [0.4, 0.5) is 0 Å². The smallest absolute Gasteiger partial charge is 0.159 e. The Bertz CT molecular complexity index is 533. The van der Waals surface area contributed by atoms with Crippen molar-refractivity contribution in [1.29, 1.82) is 0 Å². The maximum atomic E-state index is 12.7. The van der Waals surface area contributed by atoms with Crippen molar-refractivity contribution in [3.05, 3.63) is 24.3 Å². The molecule has 3 aliphatic rings. The molecule has 0 unspecified atom stereocenters. The monoisotopic (exact) mass is 304 g/mol. The predicted molar refractivity (Wildman–Crippen MR) is 86.2 cm³/mol. The number of carbonyl (C=O) groups excluding carboxylic acids is 1. The van der Waals surface area contributed by atoms with Crippen molar-refractivity contribution in [2.24, 2.45) is 22.7 Å². The lowest BCUT2D eigenvalue weighted by Gasteiger charge is -2.58. The summed E-state index contributed by atoms with van der Waals surface area (Å²) < 4.78 is 0. The number of aliphatic hydroxyl groups excluding tert-OH is 1. The maximum Gasteiger partial charge on any atom is 0.159 e. The van der Waals surface area contributed by atoms with Gasteiger partial charge in [0.05, 0.1) is 12.2 Å². The van der Waals surface area contributed by atoms with E-state index in [1.54, 1.807) is 6.08 Å². The summed E-state index contributed by atoms with van der Waals surface area (Å²) in [6.45, 7) is 8.03. The van der Waals surface area contributed by atoms with E-state index >= 15 is 0 Å². The van der Waals surface area contributed by atoms with Gasteiger partial charge in [0, 0.05) is 17.8 Å². The molecule has 0 aliphatic heterocycles. The van der Waals surface area contributed by atoms with E-state index in [1.807, 2.05) is 13.0 Å². The summed E-state index contributed by atoms with van der Waals surface area (Å²) in [4.78, 5) is 12.7. The van der Waals surface area contributed by atoms with Gasteiger partial charge in [0.15, 0.2) is 5.78 Å². The Balaban J connectivity index is 2.04. The Morgan fingerprint density at radius 1 is 1.36 bits per heavy atom. The zero-order valence-electron chi connectivity index (χ0n) is 13.8. The summed E-state index contributed by atoms with van der Waals surface area (Å²) in [6, 6.07) is 0. The number of aliphatic hydroxyl groups is 2. The van der Waals surface area contributed by atoms with Crippen LogP contribution in [0.5, 0.6) is 0 Å². The molecule has 0 spiro atoms. The first-order valence-corrected chi connectivity index (χ1v) is 8.51. The summed E-state index contributed by atoms with van der Waals surface area (Å²) in [5.41, 5.74) is -0.304. The molecule has 2 N–H and O–H groups in total. The van der Waals surface area contributed by atoms with E-state index in [9.17, 15) is 15.0 Å². The van der Waals surface area contributed by atoms with Crippen LogP contribution in [0.1, 0.15) is 52.4 Å². The van der Waals surface area contributed by atoms with Crippen LogP contribution in [0.2, 0.25) is 0 Å². The van der Waals surface area contributed by atoms with Gasteiger partial charge in [-0.3, -0.25) is 4.79 Å². The molecule has 5 atom stereocenters. The fourth-order valence-corrected chi connectivity index (χ4v) is 5.42. The zero-order valence-corrected chi connectivity index (χ0v) is 13.8. The SMILES string of the molecule is C=C[C@@]1(CO)C=C2C(=O)C[C@H]3[C@@](C)(CCC[C@]3(C)O)[C@@H]2CC1. The van der Waals surface area contributed by atoms with Crippen LogP contribution in [0.25, 0.3) is 0 Å². The van der Waals surface area contributed by atoms with E-state index < -0.39 is 11.0 Å². The van der Waals surface area contributed by atoms with Crippen LogP contribution >= 0.6 is 0 Å². The number of Topliss-reactive ketones (excluding diaryl/α,β-unsaturated/α-hetero) is 1. The van der Waals surface area contributed by atoms with Gasteiger partial charge < -0.3 is 10.2 Å². The van der Waals surface area contributed by atoms with Crippen LogP contribution in [0.3, 0.4) is 0 Å². The van der Waals surface area contributed by atoms with Crippen molar-refractivity contribution < 1.29 is 15.0 Å². The molecule has 3 nitrogen and oxygen atoms in total. The molecule has 0 saturated heterocycles. The second-order valence-electron chi connectivity index (χ2n) is 8.18. The highest BCUT2D eigenvalue weighted by Crippen LogP contribution is 2.60. The third-order valence-corrected chi connectivity index (χ3v) is 6.87. The number of hydrogen-bond donors (Lipinski definition) is 2. The fraction of sp³-hybridized carbons (Fsp3) is 0.737. The minimum atomic E-state index is -0.738. The molecule has 22 heavy (non-hydrogen) atoms. The summed E-state index contributed by atoms with van der Waals surface area (Å²) in [5.74, 6) is 0.424. The standard InChI is InChI=1S/C19H28O3/c1-4-19(12-20)9-6-14-13(11-19)15(21)10-16-17(14,2)7-5-8-18(16,3)22/h4,11,14,16,20,22H,1,5-10,12H2,2-3H3/t14-,16+,17+,18+,19+/m1/s1. The van der Waals surface area contributed by atoms with Crippen LogP contribution in [-0.2, 0) is 4.79 Å². The zero-order chi connectivity index (χ0) is 16.2. The third-order valence-electron chi connectivity index (χ3n) is 6.87. The van der Waals surface area contributed by atoms with E-state index in [0.717, 1.165) is 37.7 Å². The molecular weight excluding hydrogens is 276 g/mol. The van der Waals surface area contributed by atoms with Gasteiger partial charge in [-0.2, -0.15) is 0 Å². The van der Waals surface area contributed by atoms with Crippen LogP contribution in [-0.4, -0.2) is 28.2 Å². The Hall–Kier alpha value is -0.930. The molecule has 122 valence electrons. The average molecular weight is 304 g/mol. The topological polar surface area (TPSA) is 57.5 Å². The molecule has 0 heterocycles. The normalized spacial score (nSPS) is 48.2. The molecule has 2 fully saturated rings. The van der Waals surface area contributed by atoms with Gasteiger partial charge in [-0.05, 0) is 49.5 Å². The van der Waals surface area contributed by atoms with E-state index in [2.05, 4.69) is 13.5 Å². The first-order chi connectivity index (χ1) is 10.3. The van der Waals surface area contributed by atoms with E-state index in [-0.39, 0.29) is 29.6 Å². The molecule has 0 radical (unpaired) electrons. The summed E-state index contributed by atoms with van der Waals surface area (Å²) in [7, 11) is 0. The second kappa shape index (κ2) is 5.04. The van der Waals surface area contributed by atoms with Crippen molar-refractivity contribution in [1.82, 2.24) is 0 Å². The highest BCUT2D eigenvalue weighted by molar-refractivity contribution is 5.97. The first kappa shape index (κ1) is 15.9. The highest BCUT2D eigenvalue weighted by atomic mass is 16.3. The maximum absolute atomic E-state index is 12.7. The highest BCUT2D eigenvalue weighted by Gasteiger charge is 2.57. The summed E-state index contributed by atoms with van der Waals surface area (Å²) in [5, 5.41) is 20.5. The van der Waals surface area contributed by atoms with E-state index in [1.165, 1.54) is 0 Å². The van der Waals surface area contributed by atoms with E-state index in [4.69, 9.17) is 0 Å². The molecule has 0 amide bonds. The molecule has 0 aromatic heterocycles. The van der Waals surface area contributed by atoms with E-state index in [0.29, 0.717) is 6.42 Å². The molecule has 0 aromatic carbocycles.